The first-order chi connectivity index (χ1) is 13.4. The number of thiophene rings is 1. The van der Waals surface area contributed by atoms with Crippen molar-refractivity contribution in [1.82, 2.24) is 19.9 Å². The van der Waals surface area contributed by atoms with Crippen molar-refractivity contribution >= 4 is 27.4 Å². The lowest BCUT2D eigenvalue weighted by molar-refractivity contribution is 0.700. The molecule has 27 heavy (non-hydrogen) atoms. The van der Waals surface area contributed by atoms with Crippen LogP contribution in [0.3, 0.4) is 0 Å². The molecule has 0 aliphatic heterocycles. The van der Waals surface area contributed by atoms with Crippen molar-refractivity contribution in [2.24, 2.45) is 0 Å². The lowest BCUT2D eigenvalue weighted by Gasteiger charge is -2.13. The number of pyridine rings is 2. The summed E-state index contributed by atoms with van der Waals surface area (Å²) in [6.07, 6.45) is 10.2. The Labute approximate surface area is 161 Å². The molecule has 0 fully saturated rings. The highest BCUT2D eigenvalue weighted by atomic mass is 32.1. The van der Waals surface area contributed by atoms with Gasteiger partial charge in [0.15, 0.2) is 5.82 Å². The summed E-state index contributed by atoms with van der Waals surface area (Å²) in [5.74, 6) is 1.63. The van der Waals surface area contributed by atoms with Crippen LogP contribution in [0, 0.1) is 0 Å². The lowest BCUT2D eigenvalue weighted by Crippen LogP contribution is -2.06. The number of nitrogens with one attached hydrogen (secondary N) is 1. The van der Waals surface area contributed by atoms with E-state index in [0.717, 1.165) is 40.6 Å². The first-order valence-electron chi connectivity index (χ1n) is 9.25. The summed E-state index contributed by atoms with van der Waals surface area (Å²) in [5, 5.41) is 4.72. The van der Waals surface area contributed by atoms with Gasteiger partial charge >= 0.3 is 0 Å². The van der Waals surface area contributed by atoms with Crippen LogP contribution in [0.5, 0.6) is 0 Å². The minimum Gasteiger partial charge on any atom is -0.364 e. The van der Waals surface area contributed by atoms with Crippen molar-refractivity contribution < 1.29 is 0 Å². The number of nitrogens with zero attached hydrogens (tertiary/aromatic N) is 4. The van der Waals surface area contributed by atoms with Gasteiger partial charge in [-0.2, -0.15) is 0 Å². The van der Waals surface area contributed by atoms with Gasteiger partial charge in [-0.1, -0.05) is 6.07 Å². The van der Waals surface area contributed by atoms with Crippen LogP contribution in [-0.2, 0) is 19.4 Å². The predicted octanol–water partition coefficient (Wildman–Crippen LogP) is 4.64. The molecule has 6 heteroatoms. The van der Waals surface area contributed by atoms with Crippen molar-refractivity contribution in [3.8, 4) is 11.4 Å². The van der Waals surface area contributed by atoms with Crippen molar-refractivity contribution in [2.45, 2.75) is 32.2 Å². The van der Waals surface area contributed by atoms with Gasteiger partial charge < -0.3 is 5.32 Å². The van der Waals surface area contributed by atoms with E-state index in [4.69, 9.17) is 9.97 Å². The molecule has 1 N–H and O–H groups in total. The fourth-order valence-corrected chi connectivity index (χ4v) is 4.85. The topological polar surface area (TPSA) is 63.6 Å². The van der Waals surface area contributed by atoms with Gasteiger partial charge in [0.1, 0.15) is 10.6 Å². The Balaban J connectivity index is 1.62. The van der Waals surface area contributed by atoms with Gasteiger partial charge in [0.05, 0.1) is 17.6 Å². The Kier molecular flexibility index (Phi) is 4.26. The largest absolute Gasteiger partial charge is 0.364 e. The molecule has 0 saturated carbocycles. The first kappa shape index (κ1) is 16.3. The predicted molar refractivity (Wildman–Crippen MR) is 109 cm³/mol. The SMILES string of the molecule is c1ccc(CNc2nc(-c3cccnc3)nc3sc4c(c23)CCCC4)nc1. The summed E-state index contributed by atoms with van der Waals surface area (Å²) >= 11 is 1.82. The third kappa shape index (κ3) is 3.17. The molecule has 4 aromatic rings. The molecule has 0 saturated heterocycles. The van der Waals surface area contributed by atoms with E-state index in [1.807, 2.05) is 54.1 Å². The molecule has 5 rings (SSSR count). The zero-order chi connectivity index (χ0) is 18.1. The van der Waals surface area contributed by atoms with Gasteiger partial charge in [-0.3, -0.25) is 9.97 Å². The molecule has 1 aliphatic rings. The number of rotatable bonds is 4. The zero-order valence-corrected chi connectivity index (χ0v) is 15.7. The van der Waals surface area contributed by atoms with E-state index in [1.54, 1.807) is 6.20 Å². The van der Waals surface area contributed by atoms with Crippen molar-refractivity contribution in [1.29, 1.82) is 0 Å². The van der Waals surface area contributed by atoms with E-state index in [9.17, 15) is 0 Å². The Bertz CT molecular complexity index is 1080. The Hall–Kier alpha value is -2.86. The van der Waals surface area contributed by atoms with Crippen LogP contribution in [0.4, 0.5) is 5.82 Å². The summed E-state index contributed by atoms with van der Waals surface area (Å²) in [5.41, 5.74) is 3.37. The van der Waals surface area contributed by atoms with Crippen molar-refractivity contribution in [2.75, 3.05) is 5.32 Å². The van der Waals surface area contributed by atoms with E-state index >= 15 is 0 Å². The maximum Gasteiger partial charge on any atom is 0.164 e. The fraction of sp³-hybridized carbons (Fsp3) is 0.238. The molecule has 0 aromatic carbocycles. The fourth-order valence-electron chi connectivity index (χ4n) is 3.59. The molecule has 5 nitrogen and oxygen atoms in total. The van der Waals surface area contributed by atoms with Gasteiger partial charge in [0, 0.05) is 29.0 Å². The van der Waals surface area contributed by atoms with Crippen LogP contribution in [0.15, 0.2) is 48.9 Å². The highest BCUT2D eigenvalue weighted by Gasteiger charge is 2.21. The van der Waals surface area contributed by atoms with Crippen LogP contribution >= 0.6 is 11.3 Å². The molecule has 0 bridgehead atoms. The number of anilines is 1. The number of hydrogen-bond donors (Lipinski definition) is 1. The summed E-state index contributed by atoms with van der Waals surface area (Å²) in [7, 11) is 0. The maximum absolute atomic E-state index is 4.88. The third-order valence-electron chi connectivity index (χ3n) is 4.90. The van der Waals surface area contributed by atoms with E-state index in [1.165, 1.54) is 28.7 Å². The van der Waals surface area contributed by atoms with Crippen LogP contribution in [-0.4, -0.2) is 19.9 Å². The third-order valence-corrected chi connectivity index (χ3v) is 6.08. The Morgan fingerprint density at radius 2 is 1.96 bits per heavy atom. The summed E-state index contributed by atoms with van der Waals surface area (Å²) in [4.78, 5) is 20.9. The number of aromatic nitrogens is 4. The second kappa shape index (κ2) is 7.04. The molecule has 0 amide bonds. The molecule has 0 atom stereocenters. The second-order valence-corrected chi connectivity index (χ2v) is 7.79. The van der Waals surface area contributed by atoms with E-state index in [0.29, 0.717) is 6.54 Å². The first-order valence-corrected chi connectivity index (χ1v) is 10.1. The van der Waals surface area contributed by atoms with Crippen LogP contribution < -0.4 is 5.32 Å². The Morgan fingerprint density at radius 3 is 2.81 bits per heavy atom. The van der Waals surface area contributed by atoms with Crippen molar-refractivity contribution in [3.05, 3.63) is 65.1 Å². The van der Waals surface area contributed by atoms with E-state index in [2.05, 4.69) is 15.3 Å². The number of aryl methyl sites for hydroxylation is 2. The van der Waals surface area contributed by atoms with Crippen LogP contribution in [0.1, 0.15) is 29.0 Å². The normalized spacial score (nSPS) is 13.5. The van der Waals surface area contributed by atoms with Gasteiger partial charge in [-0.25, -0.2) is 9.97 Å². The smallest absolute Gasteiger partial charge is 0.164 e. The molecular formula is C21H19N5S. The molecule has 0 unspecified atom stereocenters. The van der Waals surface area contributed by atoms with E-state index < -0.39 is 0 Å². The summed E-state index contributed by atoms with van der Waals surface area (Å²) in [6.45, 7) is 0.643. The summed E-state index contributed by atoms with van der Waals surface area (Å²) < 4.78 is 0. The van der Waals surface area contributed by atoms with Gasteiger partial charge in [-0.15, -0.1) is 11.3 Å². The monoisotopic (exact) mass is 373 g/mol. The van der Waals surface area contributed by atoms with Crippen molar-refractivity contribution in [3.63, 3.8) is 0 Å². The average molecular weight is 373 g/mol. The van der Waals surface area contributed by atoms with Crippen LogP contribution in [0.25, 0.3) is 21.6 Å². The van der Waals surface area contributed by atoms with Gasteiger partial charge in [0.2, 0.25) is 0 Å². The molecule has 4 heterocycles. The Morgan fingerprint density at radius 1 is 1.00 bits per heavy atom. The molecule has 0 radical (unpaired) electrons. The van der Waals surface area contributed by atoms with Gasteiger partial charge in [0.25, 0.3) is 0 Å². The van der Waals surface area contributed by atoms with Crippen LogP contribution in [0.2, 0.25) is 0 Å². The zero-order valence-electron chi connectivity index (χ0n) is 14.9. The van der Waals surface area contributed by atoms with Gasteiger partial charge in [-0.05, 0) is 55.5 Å². The second-order valence-electron chi connectivity index (χ2n) is 6.70. The highest BCUT2D eigenvalue weighted by Crippen LogP contribution is 2.39. The number of fused-ring (bicyclic) bond motifs is 3. The highest BCUT2D eigenvalue weighted by molar-refractivity contribution is 7.19. The molecular weight excluding hydrogens is 354 g/mol. The lowest BCUT2D eigenvalue weighted by atomic mass is 9.97. The molecule has 4 aromatic heterocycles. The molecule has 1 aliphatic carbocycles. The molecule has 134 valence electrons. The maximum atomic E-state index is 4.88. The average Bonchev–Trinajstić information content (AvgIpc) is 3.12. The van der Waals surface area contributed by atoms with E-state index in [-0.39, 0.29) is 0 Å². The minimum atomic E-state index is 0.643. The molecule has 0 spiro atoms. The summed E-state index contributed by atoms with van der Waals surface area (Å²) in [6, 6.07) is 9.89. The standard InChI is InChI=1S/C21H19N5S/c1-2-9-17-16(8-1)18-20(24-13-15-7-3-4-11-23-15)25-19(26-21(18)27-17)14-6-5-10-22-12-14/h3-7,10-12H,1-2,8-9,13H2,(H,24,25,26). The number of hydrogen-bond acceptors (Lipinski definition) is 6. The quantitative estimate of drug-likeness (QED) is 0.565. The minimum absolute atomic E-state index is 0.643.